The molecule has 0 fully saturated rings. The van der Waals surface area contributed by atoms with Gasteiger partial charge in [0.05, 0.1) is 24.1 Å². The summed E-state index contributed by atoms with van der Waals surface area (Å²) >= 11 is 0. The van der Waals surface area contributed by atoms with Crippen molar-refractivity contribution in [3.05, 3.63) is 78.4 Å². The van der Waals surface area contributed by atoms with Crippen molar-refractivity contribution in [3.8, 4) is 0 Å². The molecule has 3 aromatic rings. The summed E-state index contributed by atoms with van der Waals surface area (Å²) in [5.41, 5.74) is 3.19. The lowest BCUT2D eigenvalue weighted by Crippen LogP contribution is -2.14. The van der Waals surface area contributed by atoms with Gasteiger partial charge in [-0.15, -0.1) is 0 Å². The van der Waals surface area contributed by atoms with Crippen molar-refractivity contribution < 1.29 is 9.59 Å². The predicted molar refractivity (Wildman–Crippen MR) is 104 cm³/mol. The fraction of sp³-hybridized carbons (Fsp3) is 0.100. The first-order valence-electron chi connectivity index (χ1n) is 8.39. The molecule has 1 aromatic carbocycles. The minimum absolute atomic E-state index is 0.172. The summed E-state index contributed by atoms with van der Waals surface area (Å²) in [5.74, 6) is -0.500. The number of nitrogens with zero attached hydrogens (tertiary/aromatic N) is 2. The van der Waals surface area contributed by atoms with Crippen LogP contribution in [0.2, 0.25) is 0 Å². The number of nitrogens with one attached hydrogen (secondary N) is 3. The molecule has 0 saturated heterocycles. The lowest BCUT2D eigenvalue weighted by molar-refractivity contribution is -0.114. The van der Waals surface area contributed by atoms with Gasteiger partial charge >= 0.3 is 0 Å². The smallest absolute Gasteiger partial charge is 0.274 e. The molecule has 0 aliphatic heterocycles. The Morgan fingerprint density at radius 2 is 1.70 bits per heavy atom. The summed E-state index contributed by atoms with van der Waals surface area (Å²) in [6, 6.07) is 16.1. The molecule has 3 N–H and O–H groups in total. The molecule has 2 amide bonds. The standard InChI is InChI=1S/C20H19N5O2/c1-14(26)24-15-6-4-7-16(11-15)25-20(27)19-9-8-18(13-23-19)22-12-17-5-2-3-10-21-17/h2-11,13,22H,12H2,1H3,(H,24,26)(H,25,27). The first-order valence-corrected chi connectivity index (χ1v) is 8.39. The largest absolute Gasteiger partial charge is 0.378 e. The average Bonchev–Trinajstić information content (AvgIpc) is 2.67. The van der Waals surface area contributed by atoms with Crippen molar-refractivity contribution in [1.82, 2.24) is 9.97 Å². The average molecular weight is 361 g/mol. The van der Waals surface area contributed by atoms with Gasteiger partial charge in [0.15, 0.2) is 0 Å². The van der Waals surface area contributed by atoms with Crippen LogP contribution in [0.25, 0.3) is 0 Å². The Morgan fingerprint density at radius 3 is 2.37 bits per heavy atom. The van der Waals surface area contributed by atoms with E-state index in [0.717, 1.165) is 11.4 Å². The molecule has 0 unspecified atom stereocenters. The molecule has 7 heteroatoms. The molecule has 27 heavy (non-hydrogen) atoms. The number of carbonyl (C=O) groups excluding carboxylic acids is 2. The molecule has 0 aliphatic carbocycles. The molecule has 0 saturated carbocycles. The number of pyridine rings is 2. The second kappa shape index (κ2) is 8.57. The number of hydrogen-bond acceptors (Lipinski definition) is 5. The van der Waals surface area contributed by atoms with E-state index in [1.807, 2.05) is 18.2 Å². The Labute approximate surface area is 156 Å². The fourth-order valence-electron chi connectivity index (χ4n) is 2.40. The van der Waals surface area contributed by atoms with Gasteiger partial charge in [-0.25, -0.2) is 4.98 Å². The van der Waals surface area contributed by atoms with E-state index in [-0.39, 0.29) is 11.8 Å². The maximum atomic E-state index is 12.3. The number of anilines is 3. The van der Waals surface area contributed by atoms with E-state index in [0.29, 0.717) is 23.6 Å². The summed E-state index contributed by atoms with van der Waals surface area (Å²) in [6.07, 6.45) is 3.34. The van der Waals surface area contributed by atoms with Crippen molar-refractivity contribution in [2.45, 2.75) is 13.5 Å². The molecule has 2 heterocycles. The van der Waals surface area contributed by atoms with Crippen LogP contribution in [0, 0.1) is 0 Å². The van der Waals surface area contributed by atoms with E-state index in [4.69, 9.17) is 0 Å². The highest BCUT2D eigenvalue weighted by atomic mass is 16.2. The van der Waals surface area contributed by atoms with Crippen LogP contribution in [0.4, 0.5) is 17.1 Å². The van der Waals surface area contributed by atoms with Gasteiger partial charge < -0.3 is 16.0 Å². The Morgan fingerprint density at radius 1 is 0.889 bits per heavy atom. The summed E-state index contributed by atoms with van der Waals surface area (Å²) in [5, 5.41) is 8.65. The highest BCUT2D eigenvalue weighted by molar-refractivity contribution is 6.03. The Kier molecular flexibility index (Phi) is 5.73. The minimum Gasteiger partial charge on any atom is -0.378 e. The lowest BCUT2D eigenvalue weighted by atomic mass is 10.2. The van der Waals surface area contributed by atoms with Crippen molar-refractivity contribution in [2.75, 3.05) is 16.0 Å². The van der Waals surface area contributed by atoms with E-state index >= 15 is 0 Å². The Balaban J connectivity index is 1.59. The predicted octanol–water partition coefficient (Wildman–Crippen LogP) is 3.30. The number of hydrogen-bond donors (Lipinski definition) is 3. The van der Waals surface area contributed by atoms with Gasteiger partial charge in [0.2, 0.25) is 5.91 Å². The molecule has 3 rings (SSSR count). The van der Waals surface area contributed by atoms with E-state index in [9.17, 15) is 9.59 Å². The maximum Gasteiger partial charge on any atom is 0.274 e. The van der Waals surface area contributed by atoms with Gasteiger partial charge in [0.1, 0.15) is 5.69 Å². The summed E-state index contributed by atoms with van der Waals surface area (Å²) in [6.45, 7) is 2.00. The van der Waals surface area contributed by atoms with Crippen LogP contribution in [0.3, 0.4) is 0 Å². The molecule has 0 atom stereocenters. The van der Waals surface area contributed by atoms with Gasteiger partial charge in [0, 0.05) is 24.5 Å². The van der Waals surface area contributed by atoms with Gasteiger partial charge in [0.25, 0.3) is 5.91 Å². The number of carbonyl (C=O) groups is 2. The van der Waals surface area contributed by atoms with E-state index in [1.165, 1.54) is 6.92 Å². The Bertz CT molecular complexity index is 927. The van der Waals surface area contributed by atoms with Crippen LogP contribution in [0.5, 0.6) is 0 Å². The molecule has 0 aliphatic rings. The zero-order valence-corrected chi connectivity index (χ0v) is 14.8. The normalized spacial score (nSPS) is 10.1. The molecule has 7 nitrogen and oxygen atoms in total. The van der Waals surface area contributed by atoms with Crippen LogP contribution in [-0.2, 0) is 11.3 Å². The molecular formula is C20H19N5O2. The third-order valence-corrected chi connectivity index (χ3v) is 3.64. The lowest BCUT2D eigenvalue weighted by Gasteiger charge is -2.09. The topological polar surface area (TPSA) is 96.0 Å². The van der Waals surface area contributed by atoms with Crippen LogP contribution in [0.15, 0.2) is 67.0 Å². The highest BCUT2D eigenvalue weighted by Crippen LogP contribution is 2.16. The summed E-state index contributed by atoms with van der Waals surface area (Å²) < 4.78 is 0. The third-order valence-electron chi connectivity index (χ3n) is 3.64. The van der Waals surface area contributed by atoms with Crippen LogP contribution < -0.4 is 16.0 Å². The highest BCUT2D eigenvalue weighted by Gasteiger charge is 2.08. The molecule has 0 spiro atoms. The van der Waals surface area contributed by atoms with Crippen molar-refractivity contribution in [3.63, 3.8) is 0 Å². The number of aromatic nitrogens is 2. The zero-order valence-electron chi connectivity index (χ0n) is 14.8. The van der Waals surface area contributed by atoms with Crippen LogP contribution in [0.1, 0.15) is 23.1 Å². The summed E-state index contributed by atoms with van der Waals surface area (Å²) in [7, 11) is 0. The molecule has 136 valence electrons. The third kappa shape index (κ3) is 5.37. The number of amides is 2. The fourth-order valence-corrected chi connectivity index (χ4v) is 2.40. The molecule has 0 bridgehead atoms. The Hall–Kier alpha value is -3.74. The van der Waals surface area contributed by atoms with Crippen LogP contribution >= 0.6 is 0 Å². The van der Waals surface area contributed by atoms with Gasteiger partial charge in [-0.2, -0.15) is 0 Å². The van der Waals surface area contributed by atoms with Crippen LogP contribution in [-0.4, -0.2) is 21.8 Å². The number of rotatable bonds is 6. The molecule has 0 radical (unpaired) electrons. The van der Waals surface area contributed by atoms with Gasteiger partial charge in [-0.1, -0.05) is 12.1 Å². The van der Waals surface area contributed by atoms with Gasteiger partial charge in [-0.05, 0) is 42.5 Å². The minimum atomic E-state index is -0.328. The maximum absolute atomic E-state index is 12.3. The quantitative estimate of drug-likeness (QED) is 0.626. The van der Waals surface area contributed by atoms with Crippen molar-refractivity contribution in [1.29, 1.82) is 0 Å². The SMILES string of the molecule is CC(=O)Nc1cccc(NC(=O)c2ccc(NCc3ccccn3)cn2)c1. The first-order chi connectivity index (χ1) is 13.1. The monoisotopic (exact) mass is 361 g/mol. The zero-order chi connectivity index (χ0) is 19.1. The molecule has 2 aromatic heterocycles. The van der Waals surface area contributed by atoms with E-state index in [1.54, 1.807) is 48.8 Å². The second-order valence-corrected chi connectivity index (χ2v) is 5.82. The first kappa shape index (κ1) is 18.1. The summed E-state index contributed by atoms with van der Waals surface area (Å²) in [4.78, 5) is 31.9. The number of benzene rings is 1. The van der Waals surface area contributed by atoms with E-state index in [2.05, 4.69) is 25.9 Å². The van der Waals surface area contributed by atoms with Crippen molar-refractivity contribution in [2.24, 2.45) is 0 Å². The van der Waals surface area contributed by atoms with E-state index < -0.39 is 0 Å². The molecular weight excluding hydrogens is 342 g/mol. The second-order valence-electron chi connectivity index (χ2n) is 5.82. The van der Waals surface area contributed by atoms with Gasteiger partial charge in [-0.3, -0.25) is 14.6 Å². The van der Waals surface area contributed by atoms with Crippen molar-refractivity contribution >= 4 is 28.9 Å².